The van der Waals surface area contributed by atoms with Crippen LogP contribution in [0.15, 0.2) is 34.5 Å². The molecule has 0 radical (unpaired) electrons. The van der Waals surface area contributed by atoms with Gasteiger partial charge in [-0.25, -0.2) is 5.43 Å². The van der Waals surface area contributed by atoms with Gasteiger partial charge in [-0.15, -0.1) is 0 Å². The molecule has 0 bridgehead atoms. The Hall–Kier alpha value is -0.840. The molecule has 1 atom stereocenters. The lowest BCUT2D eigenvalue weighted by Crippen LogP contribution is -2.30. The van der Waals surface area contributed by atoms with Crippen molar-refractivity contribution in [3.8, 4) is 0 Å². The van der Waals surface area contributed by atoms with E-state index in [9.17, 15) is 0 Å². The molecule has 0 amide bonds. The Balaban J connectivity index is 2.32. The fraction of sp³-hybridized carbons (Fsp3) is 0.333. The van der Waals surface area contributed by atoms with Gasteiger partial charge >= 0.3 is 0 Å². The summed E-state index contributed by atoms with van der Waals surface area (Å²) in [5, 5.41) is 0. The molecule has 86 valence electrons. The maximum absolute atomic E-state index is 5.61. The SMILES string of the molecule is Cc1cc(Br)ccc1C(NN)C1=CCCO1. The molecular weight excluding hydrogens is 268 g/mol. The minimum absolute atomic E-state index is 0.0457. The van der Waals surface area contributed by atoms with Crippen molar-refractivity contribution >= 4 is 15.9 Å². The van der Waals surface area contributed by atoms with E-state index >= 15 is 0 Å². The quantitative estimate of drug-likeness (QED) is 0.662. The fourth-order valence-electron chi connectivity index (χ4n) is 1.93. The largest absolute Gasteiger partial charge is 0.496 e. The Labute approximate surface area is 104 Å². The molecule has 1 heterocycles. The molecule has 2 rings (SSSR count). The maximum atomic E-state index is 5.61. The van der Waals surface area contributed by atoms with Gasteiger partial charge in [0.05, 0.1) is 6.61 Å². The van der Waals surface area contributed by atoms with Crippen molar-refractivity contribution in [2.24, 2.45) is 5.84 Å². The molecule has 0 aliphatic carbocycles. The van der Waals surface area contributed by atoms with E-state index in [1.54, 1.807) is 0 Å². The number of benzene rings is 1. The lowest BCUT2D eigenvalue weighted by Gasteiger charge is -2.19. The summed E-state index contributed by atoms with van der Waals surface area (Å²) >= 11 is 3.45. The number of halogens is 1. The summed E-state index contributed by atoms with van der Waals surface area (Å²) in [6.07, 6.45) is 3.05. The summed E-state index contributed by atoms with van der Waals surface area (Å²) in [6.45, 7) is 2.82. The number of ether oxygens (including phenoxy) is 1. The summed E-state index contributed by atoms with van der Waals surface area (Å²) in [4.78, 5) is 0. The van der Waals surface area contributed by atoms with Crippen LogP contribution in [0.5, 0.6) is 0 Å². The van der Waals surface area contributed by atoms with Crippen molar-refractivity contribution in [3.05, 3.63) is 45.6 Å². The van der Waals surface area contributed by atoms with E-state index in [0.717, 1.165) is 28.8 Å². The first-order chi connectivity index (χ1) is 7.72. The molecule has 3 nitrogen and oxygen atoms in total. The first kappa shape index (κ1) is 11.6. The average molecular weight is 283 g/mol. The van der Waals surface area contributed by atoms with Crippen LogP contribution < -0.4 is 11.3 Å². The van der Waals surface area contributed by atoms with Crippen LogP contribution >= 0.6 is 15.9 Å². The van der Waals surface area contributed by atoms with Gasteiger partial charge in [-0.1, -0.05) is 22.0 Å². The highest BCUT2D eigenvalue weighted by molar-refractivity contribution is 9.10. The highest BCUT2D eigenvalue weighted by atomic mass is 79.9. The molecule has 0 spiro atoms. The van der Waals surface area contributed by atoms with E-state index in [2.05, 4.69) is 46.5 Å². The third kappa shape index (κ3) is 2.29. The molecule has 1 aliphatic heterocycles. The summed E-state index contributed by atoms with van der Waals surface area (Å²) in [5.74, 6) is 6.53. The van der Waals surface area contributed by atoms with Crippen LogP contribution in [0.3, 0.4) is 0 Å². The second-order valence-corrected chi connectivity index (χ2v) is 4.76. The Kier molecular flexibility index (Phi) is 3.63. The molecule has 16 heavy (non-hydrogen) atoms. The Morgan fingerprint density at radius 3 is 2.88 bits per heavy atom. The van der Waals surface area contributed by atoms with Gasteiger partial charge in [-0.05, 0) is 36.3 Å². The molecule has 4 heteroatoms. The van der Waals surface area contributed by atoms with Crippen LogP contribution in [-0.4, -0.2) is 6.61 Å². The van der Waals surface area contributed by atoms with Crippen LogP contribution in [0.2, 0.25) is 0 Å². The number of hydrazine groups is 1. The van der Waals surface area contributed by atoms with Crippen LogP contribution in [0, 0.1) is 6.92 Å². The predicted octanol–water partition coefficient (Wildman–Crippen LogP) is 2.57. The standard InChI is InChI=1S/C12H15BrN2O/c1-8-7-9(13)4-5-10(8)12(15-14)11-3-2-6-16-11/h3-5,7,12,15H,2,6,14H2,1H3. The normalized spacial score (nSPS) is 16.8. The molecule has 1 aromatic rings. The van der Waals surface area contributed by atoms with E-state index < -0.39 is 0 Å². The zero-order chi connectivity index (χ0) is 11.5. The monoisotopic (exact) mass is 282 g/mol. The average Bonchev–Trinajstić information content (AvgIpc) is 2.75. The van der Waals surface area contributed by atoms with Crippen LogP contribution in [0.4, 0.5) is 0 Å². The molecule has 0 aromatic heterocycles. The molecule has 0 saturated carbocycles. The number of rotatable bonds is 3. The minimum atomic E-state index is -0.0457. The lowest BCUT2D eigenvalue weighted by molar-refractivity contribution is 0.215. The number of nitrogens with one attached hydrogen (secondary N) is 1. The van der Waals surface area contributed by atoms with Crippen LogP contribution in [-0.2, 0) is 4.74 Å². The molecule has 3 N–H and O–H groups in total. The second kappa shape index (κ2) is 4.99. The highest BCUT2D eigenvalue weighted by Crippen LogP contribution is 2.29. The summed E-state index contributed by atoms with van der Waals surface area (Å²) in [7, 11) is 0. The van der Waals surface area contributed by atoms with E-state index in [1.165, 1.54) is 5.56 Å². The van der Waals surface area contributed by atoms with Crippen molar-refractivity contribution in [3.63, 3.8) is 0 Å². The first-order valence-electron chi connectivity index (χ1n) is 5.27. The van der Waals surface area contributed by atoms with Crippen LogP contribution in [0.25, 0.3) is 0 Å². The molecule has 0 saturated heterocycles. The highest BCUT2D eigenvalue weighted by Gasteiger charge is 2.20. The maximum Gasteiger partial charge on any atom is 0.115 e. The number of aryl methyl sites for hydroxylation is 1. The Morgan fingerprint density at radius 2 is 2.31 bits per heavy atom. The van der Waals surface area contributed by atoms with Gasteiger partial charge in [0, 0.05) is 10.9 Å². The zero-order valence-corrected chi connectivity index (χ0v) is 10.8. The Morgan fingerprint density at radius 1 is 1.50 bits per heavy atom. The zero-order valence-electron chi connectivity index (χ0n) is 9.16. The van der Waals surface area contributed by atoms with Gasteiger partial charge in [0.2, 0.25) is 0 Å². The Bertz CT molecular complexity index is 417. The molecule has 1 aliphatic rings. The van der Waals surface area contributed by atoms with E-state index in [0.29, 0.717) is 0 Å². The van der Waals surface area contributed by atoms with Gasteiger partial charge in [0.25, 0.3) is 0 Å². The number of nitrogens with two attached hydrogens (primary N) is 1. The summed E-state index contributed by atoms with van der Waals surface area (Å²) in [5.41, 5.74) is 5.15. The lowest BCUT2D eigenvalue weighted by atomic mass is 10.0. The van der Waals surface area contributed by atoms with Crippen molar-refractivity contribution in [1.29, 1.82) is 0 Å². The van der Waals surface area contributed by atoms with Gasteiger partial charge in [0.15, 0.2) is 0 Å². The van der Waals surface area contributed by atoms with Crippen molar-refractivity contribution in [1.82, 2.24) is 5.43 Å². The van der Waals surface area contributed by atoms with E-state index in [-0.39, 0.29) is 6.04 Å². The fourth-order valence-corrected chi connectivity index (χ4v) is 2.40. The van der Waals surface area contributed by atoms with Gasteiger partial charge < -0.3 is 4.74 Å². The van der Waals surface area contributed by atoms with Crippen molar-refractivity contribution < 1.29 is 4.74 Å². The molecule has 1 unspecified atom stereocenters. The third-order valence-corrected chi connectivity index (χ3v) is 3.22. The van der Waals surface area contributed by atoms with Gasteiger partial charge in [-0.3, -0.25) is 5.84 Å². The molecule has 0 fully saturated rings. The smallest absolute Gasteiger partial charge is 0.115 e. The van der Waals surface area contributed by atoms with Crippen LogP contribution in [0.1, 0.15) is 23.6 Å². The topological polar surface area (TPSA) is 47.3 Å². The first-order valence-corrected chi connectivity index (χ1v) is 6.06. The van der Waals surface area contributed by atoms with Crippen molar-refractivity contribution in [2.45, 2.75) is 19.4 Å². The second-order valence-electron chi connectivity index (χ2n) is 3.84. The number of hydrogen-bond donors (Lipinski definition) is 2. The van der Waals surface area contributed by atoms with Gasteiger partial charge in [0.1, 0.15) is 11.8 Å². The third-order valence-electron chi connectivity index (χ3n) is 2.73. The minimum Gasteiger partial charge on any atom is -0.496 e. The predicted molar refractivity (Wildman–Crippen MR) is 67.6 cm³/mol. The summed E-state index contributed by atoms with van der Waals surface area (Å²) < 4.78 is 6.63. The van der Waals surface area contributed by atoms with E-state index in [1.807, 2.05) is 6.07 Å². The van der Waals surface area contributed by atoms with E-state index in [4.69, 9.17) is 10.6 Å². The number of hydrogen-bond acceptors (Lipinski definition) is 3. The van der Waals surface area contributed by atoms with Crippen molar-refractivity contribution in [2.75, 3.05) is 6.61 Å². The molecule has 1 aromatic carbocycles. The van der Waals surface area contributed by atoms with Gasteiger partial charge in [-0.2, -0.15) is 0 Å². The molecular formula is C12H15BrN2O. The summed E-state index contributed by atoms with van der Waals surface area (Å²) in [6, 6.07) is 6.11.